The second kappa shape index (κ2) is 1.94. The molecule has 0 spiro atoms. The number of hydrogen-bond donors (Lipinski definition) is 0. The van der Waals surface area contributed by atoms with Crippen LogP contribution in [0.3, 0.4) is 0 Å². The first-order chi connectivity index (χ1) is 5.17. The van der Waals surface area contributed by atoms with Gasteiger partial charge in [-0.05, 0) is 18.2 Å². The molecule has 0 atom stereocenters. The zero-order valence-electron chi connectivity index (χ0n) is 5.60. The molecule has 3 heteroatoms. The fourth-order valence-corrected chi connectivity index (χ4v) is 1.11. The molecule has 1 aromatic rings. The van der Waals surface area contributed by atoms with Crippen molar-refractivity contribution in [3.05, 3.63) is 29.8 Å². The van der Waals surface area contributed by atoms with Crippen LogP contribution in [0.5, 0.6) is 5.75 Å². The molecule has 0 unspecified atom stereocenters. The number of rotatable bonds is 0. The zero-order chi connectivity index (χ0) is 7.90. The molecule has 1 aromatic carbocycles. The molecule has 1 aliphatic rings. The van der Waals surface area contributed by atoms with E-state index in [-0.39, 0.29) is 12.2 Å². The van der Waals surface area contributed by atoms with Gasteiger partial charge in [0.2, 0.25) is 0 Å². The molecule has 0 aromatic heterocycles. The monoisotopic (exact) mass is 155 g/mol. The van der Waals surface area contributed by atoms with Crippen LogP contribution in [0.1, 0.15) is 5.56 Å². The Morgan fingerprint density at radius 3 is 3.09 bits per heavy atom. The van der Waals surface area contributed by atoms with Gasteiger partial charge in [0.05, 0.1) is 6.42 Å². The Hall–Kier alpha value is -1.12. The Labute approximate surface area is 62.6 Å². The summed E-state index contributed by atoms with van der Waals surface area (Å²) in [5.74, 6) is 0.272. The van der Waals surface area contributed by atoms with E-state index < -0.39 is 6.11 Å². The Morgan fingerprint density at radius 2 is 2.36 bits per heavy atom. The molecule has 0 N–H and O–H groups in total. The van der Waals surface area contributed by atoms with Crippen molar-refractivity contribution in [3.63, 3.8) is 0 Å². The largest absolute Gasteiger partial charge is 0.432 e. The molecule has 0 aliphatic carbocycles. The summed E-state index contributed by atoms with van der Waals surface area (Å²) in [6.45, 7) is 0. The quantitative estimate of drug-likeness (QED) is 0.556. The maximum atomic E-state index is 12.5. The van der Waals surface area contributed by atoms with E-state index in [1.807, 2.05) is 0 Å². The van der Waals surface area contributed by atoms with Gasteiger partial charge in [-0.2, -0.15) is 8.78 Å². The van der Waals surface area contributed by atoms with Crippen molar-refractivity contribution >= 4 is 0 Å². The van der Waals surface area contributed by atoms with Gasteiger partial charge in [-0.3, -0.25) is 0 Å². The van der Waals surface area contributed by atoms with Gasteiger partial charge in [0.1, 0.15) is 5.75 Å². The second-order valence-electron chi connectivity index (χ2n) is 2.45. The molecule has 0 saturated heterocycles. The van der Waals surface area contributed by atoms with Crippen LogP contribution in [-0.2, 0) is 6.42 Å². The minimum Gasteiger partial charge on any atom is -0.432 e. The first-order valence-electron chi connectivity index (χ1n) is 3.23. The third kappa shape index (κ3) is 1.06. The van der Waals surface area contributed by atoms with Crippen molar-refractivity contribution in [2.24, 2.45) is 0 Å². The molecule has 1 aliphatic heterocycles. The average Bonchev–Trinajstić information content (AvgIpc) is 2.21. The lowest BCUT2D eigenvalue weighted by molar-refractivity contribution is -0.159. The maximum Gasteiger partial charge on any atom is 0.402 e. The Kier molecular flexibility index (Phi) is 1.16. The van der Waals surface area contributed by atoms with E-state index >= 15 is 0 Å². The molecule has 11 heavy (non-hydrogen) atoms. The molecule has 57 valence electrons. The number of ether oxygens (including phenoxy) is 1. The summed E-state index contributed by atoms with van der Waals surface area (Å²) in [5, 5.41) is 0. The highest BCUT2D eigenvalue weighted by atomic mass is 19.3. The fraction of sp³-hybridized carbons (Fsp3) is 0.250. The van der Waals surface area contributed by atoms with Crippen molar-refractivity contribution in [1.82, 2.24) is 0 Å². The Morgan fingerprint density at radius 1 is 1.55 bits per heavy atom. The normalized spacial score (nSPS) is 19.1. The van der Waals surface area contributed by atoms with Crippen LogP contribution in [0.4, 0.5) is 8.78 Å². The van der Waals surface area contributed by atoms with Crippen molar-refractivity contribution in [2.75, 3.05) is 0 Å². The molecule has 1 nitrogen and oxygen atoms in total. The number of halogens is 2. The van der Waals surface area contributed by atoms with Gasteiger partial charge in [-0.15, -0.1) is 0 Å². The molecule has 0 amide bonds. The second-order valence-corrected chi connectivity index (χ2v) is 2.45. The van der Waals surface area contributed by atoms with Gasteiger partial charge in [-0.25, -0.2) is 0 Å². The van der Waals surface area contributed by atoms with E-state index in [0.717, 1.165) is 0 Å². The van der Waals surface area contributed by atoms with Crippen LogP contribution in [0, 0.1) is 6.07 Å². The average molecular weight is 155 g/mol. The molecule has 0 saturated carbocycles. The molecule has 2 rings (SSSR count). The van der Waals surface area contributed by atoms with Gasteiger partial charge in [0, 0.05) is 5.56 Å². The molecule has 1 radical (unpaired) electrons. The summed E-state index contributed by atoms with van der Waals surface area (Å²) in [7, 11) is 0. The fourth-order valence-electron chi connectivity index (χ4n) is 1.11. The van der Waals surface area contributed by atoms with E-state index in [1.54, 1.807) is 6.07 Å². The Bertz CT molecular complexity index is 256. The van der Waals surface area contributed by atoms with Gasteiger partial charge in [-0.1, -0.05) is 6.07 Å². The predicted molar refractivity (Wildman–Crippen MR) is 34.6 cm³/mol. The Balaban J connectivity index is 2.41. The van der Waals surface area contributed by atoms with E-state index in [2.05, 4.69) is 10.8 Å². The standard InChI is InChI=1S/C8H5F2O/c9-8(10)5-6-3-1-2-4-7(6)11-8/h2-4H,5H2. The highest BCUT2D eigenvalue weighted by molar-refractivity contribution is 5.36. The lowest BCUT2D eigenvalue weighted by atomic mass is 10.2. The van der Waals surface area contributed by atoms with Crippen LogP contribution in [-0.4, -0.2) is 6.11 Å². The summed E-state index contributed by atoms with van der Waals surface area (Å²) in [6.07, 6.45) is -3.35. The van der Waals surface area contributed by atoms with Gasteiger partial charge in [0.25, 0.3) is 0 Å². The third-order valence-corrected chi connectivity index (χ3v) is 1.56. The van der Waals surface area contributed by atoms with Gasteiger partial charge < -0.3 is 4.74 Å². The number of benzene rings is 1. The van der Waals surface area contributed by atoms with Crippen LogP contribution in [0.2, 0.25) is 0 Å². The summed E-state index contributed by atoms with van der Waals surface area (Å²) < 4.78 is 29.3. The zero-order valence-corrected chi connectivity index (χ0v) is 5.60. The molecule has 0 fully saturated rings. The van der Waals surface area contributed by atoms with Gasteiger partial charge >= 0.3 is 6.11 Å². The van der Waals surface area contributed by atoms with E-state index in [9.17, 15) is 8.78 Å². The SMILES string of the molecule is FC1(F)Cc2c[c]ccc2O1. The topological polar surface area (TPSA) is 9.23 Å². The highest BCUT2D eigenvalue weighted by Crippen LogP contribution is 2.36. The van der Waals surface area contributed by atoms with E-state index in [4.69, 9.17) is 0 Å². The van der Waals surface area contributed by atoms with E-state index in [1.165, 1.54) is 12.1 Å². The minimum atomic E-state index is -3.02. The first kappa shape index (κ1) is 6.58. The lowest BCUT2D eigenvalue weighted by Gasteiger charge is -2.06. The number of alkyl halides is 2. The molecule has 0 bridgehead atoms. The number of fused-ring (bicyclic) bond motifs is 1. The van der Waals surface area contributed by atoms with Crippen LogP contribution in [0.25, 0.3) is 0 Å². The summed E-state index contributed by atoms with van der Waals surface area (Å²) in [6, 6.07) is 7.29. The number of hydrogen-bond acceptors (Lipinski definition) is 1. The van der Waals surface area contributed by atoms with Crippen molar-refractivity contribution < 1.29 is 13.5 Å². The van der Waals surface area contributed by atoms with Crippen molar-refractivity contribution in [3.8, 4) is 5.75 Å². The summed E-state index contributed by atoms with van der Waals surface area (Å²) in [5.41, 5.74) is 0.525. The molecular weight excluding hydrogens is 150 g/mol. The molecule has 1 heterocycles. The third-order valence-electron chi connectivity index (χ3n) is 1.56. The summed E-state index contributed by atoms with van der Waals surface area (Å²) in [4.78, 5) is 0. The smallest absolute Gasteiger partial charge is 0.402 e. The first-order valence-corrected chi connectivity index (χ1v) is 3.23. The highest BCUT2D eigenvalue weighted by Gasteiger charge is 2.39. The lowest BCUT2D eigenvalue weighted by Crippen LogP contribution is -2.20. The van der Waals surface area contributed by atoms with E-state index in [0.29, 0.717) is 5.56 Å². The van der Waals surface area contributed by atoms with Crippen molar-refractivity contribution in [1.29, 1.82) is 0 Å². The van der Waals surface area contributed by atoms with Crippen LogP contribution in [0.15, 0.2) is 18.2 Å². The predicted octanol–water partition coefficient (Wildman–Crippen LogP) is 2.01. The van der Waals surface area contributed by atoms with Crippen molar-refractivity contribution in [2.45, 2.75) is 12.5 Å². The maximum absolute atomic E-state index is 12.5. The summed E-state index contributed by atoms with van der Waals surface area (Å²) >= 11 is 0. The van der Waals surface area contributed by atoms with Crippen LogP contribution >= 0.6 is 0 Å². The van der Waals surface area contributed by atoms with Gasteiger partial charge in [0.15, 0.2) is 0 Å². The molecular formula is C8H5F2O. The minimum absolute atomic E-state index is 0.272. The van der Waals surface area contributed by atoms with Crippen LogP contribution < -0.4 is 4.74 Å².